The second-order valence-corrected chi connectivity index (χ2v) is 10.1. The van der Waals surface area contributed by atoms with Crippen molar-refractivity contribution in [2.24, 2.45) is 5.41 Å². The number of H-pyrrole nitrogens is 1. The van der Waals surface area contributed by atoms with Crippen LogP contribution in [0.15, 0.2) is 64.8 Å². The lowest BCUT2D eigenvalue weighted by Crippen LogP contribution is -2.41. The van der Waals surface area contributed by atoms with E-state index in [2.05, 4.69) is 59.2 Å². The van der Waals surface area contributed by atoms with Crippen molar-refractivity contribution in [1.29, 1.82) is 0 Å². The number of carbonyl (C=O) groups excluding carboxylic acids is 1. The molecule has 0 saturated heterocycles. The van der Waals surface area contributed by atoms with Crippen LogP contribution in [0.1, 0.15) is 52.5 Å². The number of carbonyl (C=O) groups is 2. The first kappa shape index (κ1) is 25.7. The van der Waals surface area contributed by atoms with E-state index in [9.17, 15) is 14.7 Å². The van der Waals surface area contributed by atoms with Gasteiger partial charge in [0.15, 0.2) is 0 Å². The Kier molecular flexibility index (Phi) is 9.51. The Bertz CT molecular complexity index is 1030. The zero-order valence-corrected chi connectivity index (χ0v) is 20.8. The summed E-state index contributed by atoms with van der Waals surface area (Å²) in [5.41, 5.74) is 2.91. The molecule has 3 N–H and O–H groups in total. The number of hydrogen-bond donors (Lipinski definition) is 3. The van der Waals surface area contributed by atoms with Crippen molar-refractivity contribution < 1.29 is 14.7 Å². The highest BCUT2D eigenvalue weighted by Gasteiger charge is 2.21. The minimum atomic E-state index is -1.05. The third-order valence-corrected chi connectivity index (χ3v) is 5.66. The molecule has 1 aromatic heterocycles. The number of aromatic nitrogens is 1. The first-order chi connectivity index (χ1) is 15.1. The fourth-order valence-electron chi connectivity index (χ4n) is 3.35. The van der Waals surface area contributed by atoms with Gasteiger partial charge in [0.05, 0.1) is 0 Å². The van der Waals surface area contributed by atoms with Gasteiger partial charge in [0.2, 0.25) is 5.91 Å². The quantitative estimate of drug-likeness (QED) is 0.251. The van der Waals surface area contributed by atoms with Gasteiger partial charge in [-0.25, -0.2) is 4.79 Å². The van der Waals surface area contributed by atoms with E-state index in [4.69, 9.17) is 0 Å². The largest absolute Gasteiger partial charge is 0.480 e. The number of carboxylic acids is 1. The lowest BCUT2D eigenvalue weighted by molar-refractivity contribution is -0.141. The van der Waals surface area contributed by atoms with Gasteiger partial charge < -0.3 is 15.4 Å². The number of para-hydroxylation sites is 1. The number of benzene rings is 1. The van der Waals surface area contributed by atoms with Crippen LogP contribution in [-0.4, -0.2) is 28.0 Å². The highest BCUT2D eigenvalue weighted by atomic mass is 79.9. The number of aliphatic carboxylic acids is 1. The maximum atomic E-state index is 12.4. The minimum absolute atomic E-state index is 0.213. The van der Waals surface area contributed by atoms with Gasteiger partial charge in [0.25, 0.3) is 0 Å². The van der Waals surface area contributed by atoms with Crippen LogP contribution >= 0.6 is 15.9 Å². The van der Waals surface area contributed by atoms with Gasteiger partial charge in [-0.05, 0) is 60.7 Å². The van der Waals surface area contributed by atoms with Crippen molar-refractivity contribution in [2.75, 3.05) is 0 Å². The lowest BCUT2D eigenvalue weighted by atomic mass is 9.87. The fraction of sp³-hybridized carbons (Fsp3) is 0.385. The zero-order valence-electron chi connectivity index (χ0n) is 19.2. The van der Waals surface area contributed by atoms with Gasteiger partial charge >= 0.3 is 5.97 Å². The Hall–Kier alpha value is -2.60. The number of carboxylic acid groups (broad SMARTS) is 1. The van der Waals surface area contributed by atoms with Crippen LogP contribution in [0.5, 0.6) is 0 Å². The molecule has 0 radical (unpaired) electrons. The molecule has 2 rings (SSSR count). The summed E-state index contributed by atoms with van der Waals surface area (Å²) in [5, 5.41) is 13.2. The zero-order chi connectivity index (χ0) is 23.7. The highest BCUT2D eigenvalue weighted by Crippen LogP contribution is 2.24. The summed E-state index contributed by atoms with van der Waals surface area (Å²) in [6.45, 7) is 8.26. The molecule has 1 amide bonds. The number of hydrogen-bond acceptors (Lipinski definition) is 2. The summed E-state index contributed by atoms with van der Waals surface area (Å²) >= 11 is 3.44. The predicted molar refractivity (Wildman–Crippen MR) is 135 cm³/mol. The van der Waals surface area contributed by atoms with Crippen LogP contribution in [0.3, 0.4) is 0 Å². The van der Waals surface area contributed by atoms with Crippen LogP contribution in [0, 0.1) is 5.41 Å². The molecule has 1 atom stereocenters. The van der Waals surface area contributed by atoms with E-state index in [1.807, 2.05) is 37.3 Å². The third kappa shape index (κ3) is 8.50. The maximum absolute atomic E-state index is 12.4. The predicted octanol–water partition coefficient (Wildman–Crippen LogP) is 6.28. The number of nitrogens with one attached hydrogen (secondary N) is 2. The number of rotatable bonds is 11. The summed E-state index contributed by atoms with van der Waals surface area (Å²) in [7, 11) is 0. The van der Waals surface area contributed by atoms with Gasteiger partial charge in [-0.15, -0.1) is 0 Å². The van der Waals surface area contributed by atoms with Crippen molar-refractivity contribution in [1.82, 2.24) is 10.3 Å². The molecule has 0 bridgehead atoms. The van der Waals surface area contributed by atoms with E-state index in [1.165, 1.54) is 11.6 Å². The summed E-state index contributed by atoms with van der Waals surface area (Å²) in [5.74, 6) is -1.45. The van der Waals surface area contributed by atoms with E-state index in [0.717, 1.165) is 40.2 Å². The molecule has 0 saturated carbocycles. The Morgan fingerprint density at radius 3 is 2.62 bits per heavy atom. The average Bonchev–Trinajstić information content (AvgIpc) is 3.13. The molecular weight excluding hydrogens is 468 g/mol. The molecule has 0 aliphatic heterocycles. The van der Waals surface area contributed by atoms with Gasteiger partial charge in [-0.1, -0.05) is 71.8 Å². The van der Waals surface area contributed by atoms with Crippen LogP contribution in [0.25, 0.3) is 10.9 Å². The van der Waals surface area contributed by atoms with E-state index < -0.39 is 17.9 Å². The summed E-state index contributed by atoms with van der Waals surface area (Å²) in [4.78, 5) is 27.3. The third-order valence-electron chi connectivity index (χ3n) is 5.34. The lowest BCUT2D eigenvalue weighted by Gasteiger charge is -2.19. The molecule has 0 aliphatic carbocycles. The molecule has 0 fully saturated rings. The van der Waals surface area contributed by atoms with Crippen molar-refractivity contribution in [2.45, 2.75) is 59.4 Å². The standard InChI is InChI=1S/C26H33BrN2O3/c1-18(8-7-9-19(2)27)12-14-26(3,4)15-13-24(30)29-23(25(31)32)16-20-17-28-22-11-6-5-10-21(20)22/h5-6,9-13,15,17,23,28H,7-8,14,16H2,1-4H3,(H,29,30)(H,31,32)/b15-13+,18-12-,19-9+/t23-/m0/s1. The van der Waals surface area contributed by atoms with Crippen molar-refractivity contribution in [3.8, 4) is 0 Å². The summed E-state index contributed by atoms with van der Waals surface area (Å²) in [6, 6.07) is 6.71. The second-order valence-electron chi connectivity index (χ2n) is 8.87. The smallest absolute Gasteiger partial charge is 0.326 e. The summed E-state index contributed by atoms with van der Waals surface area (Å²) < 4.78 is 1.14. The second kappa shape index (κ2) is 11.9. The molecule has 0 spiro atoms. The van der Waals surface area contributed by atoms with Crippen molar-refractivity contribution in [3.63, 3.8) is 0 Å². The molecular formula is C26H33BrN2O3. The van der Waals surface area contributed by atoms with Crippen molar-refractivity contribution in [3.05, 3.63) is 70.4 Å². The highest BCUT2D eigenvalue weighted by molar-refractivity contribution is 9.11. The van der Waals surface area contributed by atoms with Crippen LogP contribution < -0.4 is 5.32 Å². The molecule has 6 heteroatoms. The van der Waals surface area contributed by atoms with Gasteiger partial charge in [0, 0.05) is 23.5 Å². The van der Waals surface area contributed by atoms with E-state index in [0.29, 0.717) is 0 Å². The van der Waals surface area contributed by atoms with Crippen LogP contribution in [-0.2, 0) is 16.0 Å². The molecule has 32 heavy (non-hydrogen) atoms. The summed E-state index contributed by atoms with van der Waals surface area (Å²) in [6.07, 6.45) is 12.5. The maximum Gasteiger partial charge on any atom is 0.326 e. The van der Waals surface area contributed by atoms with Gasteiger partial charge in [0.1, 0.15) is 6.04 Å². The number of amides is 1. The molecule has 1 heterocycles. The normalized spacial score (nSPS) is 14.2. The van der Waals surface area contributed by atoms with E-state index in [-0.39, 0.29) is 11.8 Å². The molecule has 2 aromatic rings. The first-order valence-corrected chi connectivity index (χ1v) is 11.6. The number of allylic oxidation sites excluding steroid dienone is 5. The molecule has 0 unspecified atom stereocenters. The van der Waals surface area contributed by atoms with Gasteiger partial charge in [-0.2, -0.15) is 0 Å². The Labute approximate surface area is 198 Å². The van der Waals surface area contributed by atoms with Crippen LogP contribution in [0.2, 0.25) is 0 Å². The number of aromatic amines is 1. The minimum Gasteiger partial charge on any atom is -0.480 e. The van der Waals surface area contributed by atoms with Gasteiger partial charge in [-0.3, -0.25) is 4.79 Å². The Morgan fingerprint density at radius 2 is 1.94 bits per heavy atom. The average molecular weight is 501 g/mol. The molecule has 1 aromatic carbocycles. The number of halogens is 1. The monoisotopic (exact) mass is 500 g/mol. The molecule has 172 valence electrons. The van der Waals surface area contributed by atoms with E-state index >= 15 is 0 Å². The van der Waals surface area contributed by atoms with E-state index in [1.54, 1.807) is 6.20 Å². The SMILES string of the molecule is C/C(=C/CC(C)(C)/C=C/C(=O)N[C@@H](Cc1c[nH]c2ccccc12)C(=O)O)CC/C=C(\C)Br. The molecule has 0 aliphatic rings. The Morgan fingerprint density at radius 1 is 1.22 bits per heavy atom. The topological polar surface area (TPSA) is 82.2 Å². The fourth-order valence-corrected chi connectivity index (χ4v) is 3.58. The van der Waals surface area contributed by atoms with Crippen LogP contribution in [0.4, 0.5) is 0 Å². The molecule has 5 nitrogen and oxygen atoms in total. The first-order valence-electron chi connectivity index (χ1n) is 10.8. The number of fused-ring (bicyclic) bond motifs is 1. The van der Waals surface area contributed by atoms with Crippen molar-refractivity contribution >= 4 is 38.7 Å². The Balaban J connectivity index is 1.95.